The summed E-state index contributed by atoms with van der Waals surface area (Å²) in [6, 6.07) is -0.519. The molecule has 5 heteroatoms. The molecular formula is C12H22N2O3. The van der Waals surface area contributed by atoms with Crippen molar-refractivity contribution in [1.29, 1.82) is 0 Å². The van der Waals surface area contributed by atoms with Crippen molar-refractivity contribution in [3.8, 4) is 0 Å². The van der Waals surface area contributed by atoms with Gasteiger partial charge in [0.2, 0.25) is 0 Å². The van der Waals surface area contributed by atoms with Crippen LogP contribution in [0.1, 0.15) is 34.6 Å². The molecule has 98 valence electrons. The van der Waals surface area contributed by atoms with Crippen molar-refractivity contribution in [3.05, 3.63) is 11.6 Å². The van der Waals surface area contributed by atoms with E-state index in [4.69, 9.17) is 5.11 Å². The van der Waals surface area contributed by atoms with Crippen LogP contribution < -0.4 is 5.32 Å². The van der Waals surface area contributed by atoms with E-state index in [2.05, 4.69) is 5.32 Å². The molecule has 0 heterocycles. The number of carbonyl (C=O) groups is 2. The highest BCUT2D eigenvalue weighted by molar-refractivity contribution is 5.95. The van der Waals surface area contributed by atoms with Gasteiger partial charge in [-0.25, -0.2) is 4.79 Å². The van der Waals surface area contributed by atoms with E-state index in [9.17, 15) is 9.59 Å². The molecule has 0 fully saturated rings. The molecular weight excluding hydrogens is 220 g/mol. The van der Waals surface area contributed by atoms with Crippen molar-refractivity contribution in [2.24, 2.45) is 0 Å². The molecule has 0 aliphatic heterocycles. The maximum absolute atomic E-state index is 12.2. The van der Waals surface area contributed by atoms with Gasteiger partial charge in [0.1, 0.15) is 0 Å². The van der Waals surface area contributed by atoms with Gasteiger partial charge in [-0.05, 0) is 34.6 Å². The van der Waals surface area contributed by atoms with E-state index in [0.717, 1.165) is 0 Å². The Hall–Kier alpha value is -1.52. The van der Waals surface area contributed by atoms with Gasteiger partial charge in [-0.15, -0.1) is 0 Å². The maximum atomic E-state index is 12.2. The molecule has 5 nitrogen and oxygen atoms in total. The molecule has 0 rings (SSSR count). The van der Waals surface area contributed by atoms with Gasteiger partial charge >= 0.3 is 6.09 Å². The van der Waals surface area contributed by atoms with Crippen LogP contribution >= 0.6 is 0 Å². The third kappa shape index (κ3) is 4.46. The SMILES string of the molecule is C/C=C(/C(=O)N(C)C(C)(C)C)C(C)NC(=O)O. The molecule has 0 aliphatic rings. The number of allylic oxidation sites excluding steroid dienone is 1. The fourth-order valence-corrected chi connectivity index (χ4v) is 1.32. The first-order valence-electron chi connectivity index (χ1n) is 5.55. The predicted octanol–water partition coefficient (Wildman–Crippen LogP) is 1.85. The van der Waals surface area contributed by atoms with Crippen LogP contribution in [0, 0.1) is 0 Å². The Morgan fingerprint density at radius 3 is 2.12 bits per heavy atom. The van der Waals surface area contributed by atoms with Crippen LogP contribution in [-0.2, 0) is 4.79 Å². The Morgan fingerprint density at radius 2 is 1.82 bits per heavy atom. The monoisotopic (exact) mass is 242 g/mol. The summed E-state index contributed by atoms with van der Waals surface area (Å²) in [5.74, 6) is -0.166. The molecule has 17 heavy (non-hydrogen) atoms. The Morgan fingerprint density at radius 1 is 1.35 bits per heavy atom. The van der Waals surface area contributed by atoms with Gasteiger partial charge in [-0.1, -0.05) is 6.08 Å². The van der Waals surface area contributed by atoms with Crippen molar-refractivity contribution in [2.75, 3.05) is 7.05 Å². The topological polar surface area (TPSA) is 69.6 Å². The van der Waals surface area contributed by atoms with Gasteiger partial charge in [0.15, 0.2) is 0 Å². The van der Waals surface area contributed by atoms with Gasteiger partial charge < -0.3 is 15.3 Å². The third-order valence-electron chi connectivity index (χ3n) is 2.68. The third-order valence-corrected chi connectivity index (χ3v) is 2.68. The van der Waals surface area contributed by atoms with Crippen molar-refractivity contribution < 1.29 is 14.7 Å². The van der Waals surface area contributed by atoms with Crippen LogP contribution in [0.15, 0.2) is 11.6 Å². The fourth-order valence-electron chi connectivity index (χ4n) is 1.32. The quantitative estimate of drug-likeness (QED) is 0.742. The molecule has 0 saturated carbocycles. The molecule has 0 spiro atoms. The maximum Gasteiger partial charge on any atom is 0.405 e. The second-order valence-electron chi connectivity index (χ2n) is 4.95. The zero-order valence-corrected chi connectivity index (χ0v) is 11.4. The average Bonchev–Trinajstić information content (AvgIpc) is 2.14. The summed E-state index contributed by atoms with van der Waals surface area (Å²) in [7, 11) is 1.71. The van der Waals surface area contributed by atoms with E-state index in [1.165, 1.54) is 0 Å². The lowest BCUT2D eigenvalue weighted by Crippen LogP contribution is -2.46. The van der Waals surface area contributed by atoms with Gasteiger partial charge in [0.25, 0.3) is 5.91 Å². The summed E-state index contributed by atoms with van der Waals surface area (Å²) in [5.41, 5.74) is 0.152. The number of carbonyl (C=O) groups excluding carboxylic acids is 1. The smallest absolute Gasteiger partial charge is 0.405 e. The second-order valence-corrected chi connectivity index (χ2v) is 4.95. The number of amides is 2. The van der Waals surface area contributed by atoms with Crippen LogP contribution in [0.5, 0.6) is 0 Å². The molecule has 2 amide bonds. The number of rotatable bonds is 3. The lowest BCUT2D eigenvalue weighted by molar-refractivity contribution is -0.130. The number of hydrogen-bond donors (Lipinski definition) is 2. The van der Waals surface area contributed by atoms with Crippen molar-refractivity contribution in [3.63, 3.8) is 0 Å². The van der Waals surface area contributed by atoms with Crippen LogP contribution in [0.25, 0.3) is 0 Å². The number of nitrogens with zero attached hydrogens (tertiary/aromatic N) is 1. The summed E-state index contributed by atoms with van der Waals surface area (Å²) >= 11 is 0. The van der Waals surface area contributed by atoms with Gasteiger partial charge in [-0.3, -0.25) is 4.79 Å². The highest BCUT2D eigenvalue weighted by Crippen LogP contribution is 2.16. The second kappa shape index (κ2) is 5.70. The summed E-state index contributed by atoms with van der Waals surface area (Å²) in [6.45, 7) is 9.15. The lowest BCUT2D eigenvalue weighted by Gasteiger charge is -2.33. The molecule has 1 atom stereocenters. The zero-order valence-electron chi connectivity index (χ0n) is 11.4. The van der Waals surface area contributed by atoms with Crippen LogP contribution in [0.4, 0.5) is 4.79 Å². The van der Waals surface area contributed by atoms with Crippen molar-refractivity contribution in [2.45, 2.75) is 46.2 Å². The number of nitrogens with one attached hydrogen (secondary N) is 1. The van der Waals surface area contributed by atoms with Crippen LogP contribution in [0.2, 0.25) is 0 Å². The Kier molecular flexibility index (Phi) is 5.19. The summed E-state index contributed by atoms with van der Waals surface area (Å²) < 4.78 is 0. The number of carboxylic acid groups (broad SMARTS) is 1. The van der Waals surface area contributed by atoms with Crippen molar-refractivity contribution >= 4 is 12.0 Å². The van der Waals surface area contributed by atoms with Crippen molar-refractivity contribution in [1.82, 2.24) is 10.2 Å². The van der Waals surface area contributed by atoms with Gasteiger partial charge in [0, 0.05) is 18.2 Å². The van der Waals surface area contributed by atoms with Gasteiger partial charge in [-0.2, -0.15) is 0 Å². The van der Waals surface area contributed by atoms with Gasteiger partial charge in [0.05, 0.1) is 6.04 Å². The van der Waals surface area contributed by atoms with E-state index in [0.29, 0.717) is 5.57 Å². The Bertz CT molecular complexity index is 329. The Balaban J connectivity index is 4.92. The molecule has 1 unspecified atom stereocenters. The highest BCUT2D eigenvalue weighted by Gasteiger charge is 2.27. The van der Waals surface area contributed by atoms with Crippen LogP contribution in [-0.4, -0.2) is 40.6 Å². The van der Waals surface area contributed by atoms with E-state index in [1.807, 2.05) is 20.8 Å². The highest BCUT2D eigenvalue weighted by atomic mass is 16.4. The van der Waals surface area contributed by atoms with E-state index >= 15 is 0 Å². The molecule has 0 aromatic heterocycles. The molecule has 0 radical (unpaired) electrons. The van der Waals surface area contributed by atoms with E-state index in [-0.39, 0.29) is 11.4 Å². The number of likely N-dealkylation sites (N-methyl/N-ethyl adjacent to an activating group) is 1. The molecule has 2 N–H and O–H groups in total. The zero-order chi connectivity index (χ0) is 13.8. The van der Waals surface area contributed by atoms with Crippen LogP contribution in [0.3, 0.4) is 0 Å². The molecule has 0 bridgehead atoms. The molecule has 0 aliphatic carbocycles. The van der Waals surface area contributed by atoms with E-state index in [1.54, 1.807) is 31.9 Å². The first-order chi connectivity index (χ1) is 7.61. The summed E-state index contributed by atoms with van der Waals surface area (Å²) in [5, 5.41) is 10.9. The first-order valence-corrected chi connectivity index (χ1v) is 5.55. The fraction of sp³-hybridized carbons (Fsp3) is 0.667. The summed E-state index contributed by atoms with van der Waals surface area (Å²) in [4.78, 5) is 24.3. The normalized spacial score (nSPS) is 14.1. The standard InChI is InChI=1S/C12H22N2O3/c1-7-9(8(2)13-11(16)17)10(15)14(6)12(3,4)5/h7-8,13H,1-6H3,(H,16,17)/b9-7+. The van der Waals surface area contributed by atoms with E-state index < -0.39 is 12.1 Å². The molecule has 0 saturated heterocycles. The minimum Gasteiger partial charge on any atom is -0.465 e. The predicted molar refractivity (Wildman–Crippen MR) is 66.9 cm³/mol. The first kappa shape index (κ1) is 15.5. The largest absolute Gasteiger partial charge is 0.465 e. The summed E-state index contributed by atoms with van der Waals surface area (Å²) in [6.07, 6.45) is 0.508. The lowest BCUT2D eigenvalue weighted by atomic mass is 10.0. The number of hydrogen-bond acceptors (Lipinski definition) is 2. The molecule has 0 aromatic rings. The Labute approximate surface area is 102 Å². The minimum atomic E-state index is -1.14. The average molecular weight is 242 g/mol. The minimum absolute atomic E-state index is 0.166. The molecule has 0 aromatic carbocycles.